The molecule has 0 bridgehead atoms. The molecule has 0 aromatic heterocycles. The van der Waals surface area contributed by atoms with Crippen LogP contribution in [0, 0.1) is 5.92 Å². The number of ether oxygens (including phenoxy) is 1. The normalized spacial score (nSPS) is 24.6. The lowest BCUT2D eigenvalue weighted by atomic mass is 9.88. The van der Waals surface area contributed by atoms with E-state index in [4.69, 9.17) is 9.84 Å². The van der Waals surface area contributed by atoms with Crippen LogP contribution >= 0.6 is 0 Å². The number of nitrogens with zero attached hydrogens (tertiary/aromatic N) is 1. The number of aliphatic hydroxyl groups excluding tert-OH is 1. The summed E-state index contributed by atoms with van der Waals surface area (Å²) in [6, 6.07) is 0. The first-order valence-electron chi connectivity index (χ1n) is 6.56. The van der Waals surface area contributed by atoms with Gasteiger partial charge in [-0.1, -0.05) is 0 Å². The highest BCUT2D eigenvalue weighted by Crippen LogP contribution is 2.25. The van der Waals surface area contributed by atoms with Crippen molar-refractivity contribution in [1.29, 1.82) is 0 Å². The van der Waals surface area contributed by atoms with Gasteiger partial charge in [-0.15, -0.1) is 0 Å². The van der Waals surface area contributed by atoms with E-state index in [2.05, 4.69) is 0 Å². The van der Waals surface area contributed by atoms with Gasteiger partial charge in [0.1, 0.15) is 0 Å². The van der Waals surface area contributed by atoms with E-state index in [9.17, 15) is 4.79 Å². The maximum absolute atomic E-state index is 11.3. The topological polar surface area (TPSA) is 49.8 Å². The Hall–Kier alpha value is -0.610. The number of hydrogen-bond acceptors (Lipinski definition) is 3. The molecule has 0 saturated heterocycles. The molecule has 0 aliphatic heterocycles. The van der Waals surface area contributed by atoms with Crippen LogP contribution in [0.25, 0.3) is 0 Å². The zero-order valence-electron chi connectivity index (χ0n) is 11.0. The molecule has 4 heteroatoms. The number of rotatable bonds is 6. The zero-order chi connectivity index (χ0) is 12.7. The maximum Gasteiger partial charge on any atom is 0.222 e. The SMILES string of the molecule is CN(C)C(=O)CCCOC1CCC(CO)CC1. The fraction of sp³-hybridized carbons (Fsp3) is 0.923. The summed E-state index contributed by atoms with van der Waals surface area (Å²) in [5.74, 6) is 0.641. The quantitative estimate of drug-likeness (QED) is 0.718. The third kappa shape index (κ3) is 5.50. The second-order valence-electron chi connectivity index (χ2n) is 5.09. The predicted octanol–water partition coefficient (Wildman–Crippen LogP) is 1.42. The molecule has 1 N–H and O–H groups in total. The van der Waals surface area contributed by atoms with Crippen molar-refractivity contribution in [3.05, 3.63) is 0 Å². The Balaban J connectivity index is 2.02. The van der Waals surface area contributed by atoms with E-state index in [0.29, 0.717) is 31.7 Å². The molecule has 17 heavy (non-hydrogen) atoms. The molecule has 1 fully saturated rings. The van der Waals surface area contributed by atoms with Crippen molar-refractivity contribution < 1.29 is 14.6 Å². The van der Waals surface area contributed by atoms with E-state index < -0.39 is 0 Å². The van der Waals surface area contributed by atoms with Gasteiger partial charge in [0.15, 0.2) is 0 Å². The van der Waals surface area contributed by atoms with Crippen molar-refractivity contribution in [2.45, 2.75) is 44.6 Å². The summed E-state index contributed by atoms with van der Waals surface area (Å²) in [7, 11) is 3.55. The molecule has 0 aromatic rings. The summed E-state index contributed by atoms with van der Waals surface area (Å²) in [5, 5.41) is 9.02. The fourth-order valence-electron chi connectivity index (χ4n) is 2.18. The number of carbonyl (C=O) groups excluding carboxylic acids is 1. The summed E-state index contributed by atoms with van der Waals surface area (Å²) in [6.45, 7) is 0.984. The Morgan fingerprint density at radius 3 is 2.47 bits per heavy atom. The predicted molar refractivity (Wildman–Crippen MR) is 66.7 cm³/mol. The molecule has 0 aromatic carbocycles. The molecule has 1 aliphatic carbocycles. The number of hydrogen-bond donors (Lipinski definition) is 1. The minimum absolute atomic E-state index is 0.164. The summed E-state index contributed by atoms with van der Waals surface area (Å²) < 4.78 is 5.75. The van der Waals surface area contributed by atoms with Gasteiger partial charge in [-0.25, -0.2) is 0 Å². The van der Waals surface area contributed by atoms with Crippen LogP contribution in [-0.2, 0) is 9.53 Å². The molecule has 100 valence electrons. The molecular weight excluding hydrogens is 218 g/mol. The van der Waals surface area contributed by atoms with Crippen LogP contribution in [0.5, 0.6) is 0 Å². The third-order valence-electron chi connectivity index (χ3n) is 3.44. The average Bonchev–Trinajstić information content (AvgIpc) is 2.35. The van der Waals surface area contributed by atoms with Gasteiger partial charge in [-0.2, -0.15) is 0 Å². The van der Waals surface area contributed by atoms with Gasteiger partial charge in [-0.3, -0.25) is 4.79 Å². The van der Waals surface area contributed by atoms with Crippen molar-refractivity contribution in [2.75, 3.05) is 27.3 Å². The molecule has 1 amide bonds. The molecule has 0 heterocycles. The first-order chi connectivity index (χ1) is 8.13. The van der Waals surface area contributed by atoms with Crippen LogP contribution in [0.2, 0.25) is 0 Å². The Kier molecular flexibility index (Phi) is 6.52. The van der Waals surface area contributed by atoms with Crippen molar-refractivity contribution >= 4 is 5.91 Å². The van der Waals surface area contributed by atoms with E-state index in [1.807, 2.05) is 0 Å². The van der Waals surface area contributed by atoms with Gasteiger partial charge in [0, 0.05) is 33.7 Å². The molecule has 0 radical (unpaired) electrons. The van der Waals surface area contributed by atoms with Crippen molar-refractivity contribution in [3.8, 4) is 0 Å². The third-order valence-corrected chi connectivity index (χ3v) is 3.44. The van der Waals surface area contributed by atoms with Crippen LogP contribution in [-0.4, -0.2) is 49.3 Å². The minimum atomic E-state index is 0.164. The molecule has 1 saturated carbocycles. The lowest BCUT2D eigenvalue weighted by Crippen LogP contribution is -2.25. The molecule has 0 atom stereocenters. The smallest absolute Gasteiger partial charge is 0.222 e. The molecule has 1 aliphatic rings. The van der Waals surface area contributed by atoms with E-state index in [-0.39, 0.29) is 5.91 Å². The zero-order valence-corrected chi connectivity index (χ0v) is 11.0. The summed E-state index contributed by atoms with van der Waals surface area (Å²) in [4.78, 5) is 12.9. The number of aliphatic hydroxyl groups is 1. The fourth-order valence-corrected chi connectivity index (χ4v) is 2.18. The Bertz CT molecular complexity index is 223. The second-order valence-corrected chi connectivity index (χ2v) is 5.09. The van der Waals surface area contributed by atoms with E-state index >= 15 is 0 Å². The van der Waals surface area contributed by atoms with E-state index in [1.54, 1.807) is 19.0 Å². The second kappa shape index (κ2) is 7.67. The first-order valence-corrected chi connectivity index (χ1v) is 6.56. The monoisotopic (exact) mass is 243 g/mol. The highest BCUT2D eigenvalue weighted by Gasteiger charge is 2.20. The standard InChI is InChI=1S/C13H25NO3/c1-14(2)13(16)4-3-9-17-12-7-5-11(10-15)6-8-12/h11-12,15H,3-10H2,1-2H3. The van der Waals surface area contributed by atoms with Gasteiger partial charge in [0.25, 0.3) is 0 Å². The highest BCUT2D eigenvalue weighted by atomic mass is 16.5. The van der Waals surface area contributed by atoms with Crippen molar-refractivity contribution in [3.63, 3.8) is 0 Å². The average molecular weight is 243 g/mol. The molecule has 0 spiro atoms. The van der Waals surface area contributed by atoms with Gasteiger partial charge < -0.3 is 14.7 Å². The molecule has 0 unspecified atom stereocenters. The van der Waals surface area contributed by atoms with Gasteiger partial charge >= 0.3 is 0 Å². The van der Waals surface area contributed by atoms with Gasteiger partial charge in [0.05, 0.1) is 6.10 Å². The van der Waals surface area contributed by atoms with Crippen LogP contribution < -0.4 is 0 Å². The van der Waals surface area contributed by atoms with E-state index in [0.717, 1.165) is 32.1 Å². The number of amides is 1. The molecule has 4 nitrogen and oxygen atoms in total. The number of carbonyl (C=O) groups is 1. The molecule has 1 rings (SSSR count). The highest BCUT2D eigenvalue weighted by molar-refractivity contribution is 5.75. The Morgan fingerprint density at radius 1 is 1.29 bits per heavy atom. The van der Waals surface area contributed by atoms with Crippen LogP contribution in [0.3, 0.4) is 0 Å². The lowest BCUT2D eigenvalue weighted by Gasteiger charge is -2.27. The van der Waals surface area contributed by atoms with Crippen LogP contribution in [0.15, 0.2) is 0 Å². The minimum Gasteiger partial charge on any atom is -0.396 e. The lowest BCUT2D eigenvalue weighted by molar-refractivity contribution is -0.129. The van der Waals surface area contributed by atoms with Crippen molar-refractivity contribution in [2.24, 2.45) is 5.92 Å². The summed E-state index contributed by atoms with van der Waals surface area (Å²) in [5.41, 5.74) is 0. The first kappa shape index (κ1) is 14.5. The molecular formula is C13H25NO3. The Morgan fingerprint density at radius 2 is 1.94 bits per heavy atom. The van der Waals surface area contributed by atoms with Crippen molar-refractivity contribution in [1.82, 2.24) is 4.90 Å². The van der Waals surface area contributed by atoms with Gasteiger partial charge in [-0.05, 0) is 38.0 Å². The van der Waals surface area contributed by atoms with Crippen LogP contribution in [0.1, 0.15) is 38.5 Å². The largest absolute Gasteiger partial charge is 0.396 e. The van der Waals surface area contributed by atoms with Gasteiger partial charge in [0.2, 0.25) is 5.91 Å². The van der Waals surface area contributed by atoms with E-state index in [1.165, 1.54) is 0 Å². The maximum atomic E-state index is 11.3. The summed E-state index contributed by atoms with van der Waals surface area (Å²) in [6.07, 6.45) is 5.94. The summed E-state index contributed by atoms with van der Waals surface area (Å²) >= 11 is 0. The Labute approximate surface area is 104 Å². The van der Waals surface area contributed by atoms with Crippen LogP contribution in [0.4, 0.5) is 0 Å².